The van der Waals surface area contributed by atoms with Gasteiger partial charge in [0.1, 0.15) is 29.3 Å². The number of likely N-dealkylation sites (N-methyl/N-ethyl adjacent to an activating group) is 1. The molecular formula is C28H37FN8O5. The zero-order valence-electron chi connectivity index (χ0n) is 24.3. The number of hydrogen-bond acceptors (Lipinski definition) is 11. The van der Waals surface area contributed by atoms with Crippen LogP contribution in [0, 0.1) is 17.1 Å². The van der Waals surface area contributed by atoms with Crippen LogP contribution in [-0.2, 0) is 4.74 Å². The smallest absolute Gasteiger partial charge is 0.410 e. The summed E-state index contributed by atoms with van der Waals surface area (Å²) < 4.78 is 25.9. The minimum absolute atomic E-state index is 0.0258. The number of nitrogens with zero attached hydrogens (tertiary/aromatic N) is 6. The van der Waals surface area contributed by atoms with E-state index in [0.29, 0.717) is 0 Å². The molecule has 2 saturated heterocycles. The van der Waals surface area contributed by atoms with E-state index in [9.17, 15) is 24.3 Å². The van der Waals surface area contributed by atoms with Crippen molar-refractivity contribution in [2.75, 3.05) is 55.8 Å². The normalized spacial score (nSPS) is 19.3. The second-order valence-electron chi connectivity index (χ2n) is 11.4. The molecule has 0 spiro atoms. The van der Waals surface area contributed by atoms with Gasteiger partial charge in [-0.15, -0.1) is 0 Å². The van der Waals surface area contributed by atoms with E-state index in [1.54, 1.807) is 25.7 Å². The number of nitrogen functional groups attached to an aromatic ring is 1. The molecule has 4 rings (SSSR count). The Kier molecular flexibility index (Phi) is 9.20. The van der Waals surface area contributed by atoms with Crippen molar-refractivity contribution in [3.05, 3.63) is 29.7 Å². The van der Waals surface area contributed by atoms with Gasteiger partial charge in [-0.05, 0) is 59.3 Å². The Balaban J connectivity index is 1.65. The summed E-state index contributed by atoms with van der Waals surface area (Å²) in [6.45, 7) is 7.15. The number of rotatable bonds is 7. The summed E-state index contributed by atoms with van der Waals surface area (Å²) in [6, 6.07) is 5.24. The maximum atomic E-state index is 14.4. The van der Waals surface area contributed by atoms with E-state index in [1.807, 2.05) is 7.05 Å². The van der Waals surface area contributed by atoms with Crippen LogP contribution in [0.2, 0.25) is 0 Å². The van der Waals surface area contributed by atoms with Crippen molar-refractivity contribution in [2.45, 2.75) is 57.7 Å². The van der Waals surface area contributed by atoms with E-state index < -0.39 is 40.9 Å². The number of amides is 2. The average Bonchev–Trinajstić information content (AvgIpc) is 3.33. The van der Waals surface area contributed by atoms with Crippen LogP contribution in [0.1, 0.15) is 50.5 Å². The number of hydrogen-bond donors (Lipinski definition) is 3. The van der Waals surface area contributed by atoms with Gasteiger partial charge in [0, 0.05) is 25.7 Å². The predicted octanol–water partition coefficient (Wildman–Crippen LogP) is 2.97. The number of aromatic nitrogens is 2. The highest BCUT2D eigenvalue weighted by Crippen LogP contribution is 2.32. The number of nitrogens with one attached hydrogen (secondary N) is 1. The first kappa shape index (κ1) is 30.6. The number of piperazine rings is 1. The largest absolute Gasteiger partial charge is 0.506 e. The molecule has 226 valence electrons. The van der Waals surface area contributed by atoms with Crippen LogP contribution in [0.15, 0.2) is 18.2 Å². The Morgan fingerprint density at radius 1 is 1.24 bits per heavy atom. The molecule has 0 saturated carbocycles. The number of benzene rings is 1. The lowest BCUT2D eigenvalue weighted by Gasteiger charge is -2.41. The Bertz CT molecular complexity index is 1340. The third kappa shape index (κ3) is 7.09. The number of phenols is 1. The lowest BCUT2D eigenvalue weighted by Crippen LogP contribution is -2.56. The van der Waals surface area contributed by atoms with Gasteiger partial charge in [-0.25, -0.2) is 9.18 Å². The lowest BCUT2D eigenvalue weighted by atomic mass is 10.1. The number of carbonyl (C=O) groups is 2. The van der Waals surface area contributed by atoms with Gasteiger partial charge in [-0.2, -0.15) is 15.2 Å². The van der Waals surface area contributed by atoms with Gasteiger partial charge >= 0.3 is 12.1 Å². The van der Waals surface area contributed by atoms with Crippen molar-refractivity contribution in [3.63, 3.8) is 0 Å². The van der Waals surface area contributed by atoms with E-state index in [-0.39, 0.29) is 61.9 Å². The Labute approximate surface area is 244 Å². The number of ether oxygens (including phenoxy) is 2. The second kappa shape index (κ2) is 12.6. The number of halogens is 1. The van der Waals surface area contributed by atoms with Gasteiger partial charge < -0.3 is 40.3 Å². The van der Waals surface area contributed by atoms with E-state index in [4.69, 9.17) is 15.2 Å². The van der Waals surface area contributed by atoms with Crippen LogP contribution >= 0.6 is 0 Å². The Morgan fingerprint density at radius 3 is 2.64 bits per heavy atom. The van der Waals surface area contributed by atoms with E-state index in [0.717, 1.165) is 25.5 Å². The summed E-state index contributed by atoms with van der Waals surface area (Å²) in [4.78, 5) is 40.4. The van der Waals surface area contributed by atoms with Gasteiger partial charge in [0.15, 0.2) is 17.3 Å². The molecule has 2 atom stereocenters. The van der Waals surface area contributed by atoms with E-state index in [2.05, 4.69) is 26.3 Å². The number of likely N-dealkylation sites (tertiary alicyclic amines) is 1. The average molecular weight is 585 g/mol. The van der Waals surface area contributed by atoms with E-state index >= 15 is 0 Å². The number of para-hydroxylation sites is 1. The maximum Gasteiger partial charge on any atom is 0.410 e. The summed E-state index contributed by atoms with van der Waals surface area (Å²) >= 11 is 0. The first-order chi connectivity index (χ1) is 19.9. The fraction of sp³-hybridized carbons (Fsp3) is 0.536. The molecule has 14 heteroatoms. The van der Waals surface area contributed by atoms with Crippen LogP contribution in [0.4, 0.5) is 26.4 Å². The van der Waals surface area contributed by atoms with Crippen molar-refractivity contribution in [2.24, 2.45) is 0 Å². The first-order valence-corrected chi connectivity index (χ1v) is 13.8. The predicted molar refractivity (Wildman–Crippen MR) is 153 cm³/mol. The van der Waals surface area contributed by atoms with Crippen LogP contribution in [0.3, 0.4) is 0 Å². The van der Waals surface area contributed by atoms with Crippen molar-refractivity contribution in [1.29, 1.82) is 5.26 Å². The summed E-state index contributed by atoms with van der Waals surface area (Å²) in [6.07, 6.45) is 1.45. The molecule has 2 amide bonds. The molecular weight excluding hydrogens is 547 g/mol. The maximum absolute atomic E-state index is 14.4. The zero-order valence-corrected chi connectivity index (χ0v) is 24.3. The molecule has 42 heavy (non-hydrogen) atoms. The molecule has 2 aliphatic rings. The van der Waals surface area contributed by atoms with Gasteiger partial charge in [-0.3, -0.25) is 4.79 Å². The van der Waals surface area contributed by atoms with Gasteiger partial charge in [0.05, 0.1) is 18.5 Å². The summed E-state index contributed by atoms with van der Waals surface area (Å²) in [5.41, 5.74) is 4.93. The van der Waals surface area contributed by atoms with Crippen molar-refractivity contribution < 1.29 is 28.6 Å². The van der Waals surface area contributed by atoms with Crippen molar-refractivity contribution in [1.82, 2.24) is 19.8 Å². The van der Waals surface area contributed by atoms with Crippen molar-refractivity contribution in [3.8, 4) is 17.8 Å². The lowest BCUT2D eigenvalue weighted by molar-refractivity contribution is 0.0145. The van der Waals surface area contributed by atoms with Crippen LogP contribution in [0.25, 0.3) is 0 Å². The minimum Gasteiger partial charge on any atom is -0.506 e. The number of aromatic hydroxyl groups is 1. The third-order valence-electron chi connectivity index (χ3n) is 7.16. The fourth-order valence-corrected chi connectivity index (χ4v) is 4.97. The first-order valence-electron chi connectivity index (χ1n) is 13.8. The van der Waals surface area contributed by atoms with Gasteiger partial charge in [0.25, 0.3) is 5.91 Å². The number of carbonyl (C=O) groups excluding carboxylic acids is 2. The molecule has 2 aliphatic heterocycles. The molecule has 1 aromatic heterocycles. The van der Waals surface area contributed by atoms with Crippen molar-refractivity contribution >= 4 is 29.2 Å². The molecule has 4 N–H and O–H groups in total. The highest BCUT2D eigenvalue weighted by Gasteiger charge is 2.35. The van der Waals surface area contributed by atoms with Crippen LogP contribution in [0.5, 0.6) is 11.8 Å². The zero-order chi connectivity index (χ0) is 30.6. The Hall–Kier alpha value is -4.38. The molecule has 2 aromatic rings. The molecule has 13 nitrogen and oxygen atoms in total. The van der Waals surface area contributed by atoms with Crippen LogP contribution < -0.4 is 20.7 Å². The van der Waals surface area contributed by atoms with Gasteiger partial charge in [-0.1, -0.05) is 6.07 Å². The second-order valence-corrected chi connectivity index (χ2v) is 11.4. The fourth-order valence-electron chi connectivity index (χ4n) is 4.97. The van der Waals surface area contributed by atoms with Gasteiger partial charge in [0.2, 0.25) is 0 Å². The molecule has 0 aliphatic carbocycles. The van der Waals surface area contributed by atoms with Crippen LogP contribution in [-0.4, -0.2) is 94.4 Å². The number of nitrogens with two attached hydrogens (primary N) is 1. The monoisotopic (exact) mass is 584 g/mol. The highest BCUT2D eigenvalue weighted by molar-refractivity contribution is 6.08. The number of nitriles is 1. The summed E-state index contributed by atoms with van der Waals surface area (Å²) in [5, 5.41) is 21.9. The van der Waals surface area contributed by atoms with E-state index in [1.165, 1.54) is 17.0 Å². The summed E-state index contributed by atoms with van der Waals surface area (Å²) in [5.74, 6) is -2.00. The number of phenolic OH excluding ortho intramolecular Hbond substituents is 1. The third-order valence-corrected chi connectivity index (χ3v) is 7.16. The topological polar surface area (TPSA) is 170 Å². The molecule has 0 bridgehead atoms. The Morgan fingerprint density at radius 2 is 2.00 bits per heavy atom. The highest BCUT2D eigenvalue weighted by atomic mass is 19.1. The quantitative estimate of drug-likeness (QED) is 0.409. The molecule has 0 unspecified atom stereocenters. The molecule has 0 radical (unpaired) electrons. The molecule has 2 fully saturated rings. The molecule has 1 aromatic carbocycles. The SMILES string of the molecule is CN1CCC[C@H]1COc1nc(C(=O)Nc2c(O)cccc2F)c(N)c(N2CCN(C(=O)OC(C)(C)C)[C@@H](CC#N)C2)n1. The number of anilines is 3. The standard InChI is InChI=1S/C28H37FN8O5/c1-28(2,3)42-27(40)37-14-13-36(15-17(37)10-11-30)24-21(31)23(25(39)32-22-19(29)8-5-9-20(22)38)33-26(34-24)41-16-18-7-6-12-35(18)4/h5,8-9,17-18,38H,6-7,10,12-16,31H2,1-4H3,(H,32,39)/t17-,18-/m0/s1. The summed E-state index contributed by atoms with van der Waals surface area (Å²) in [7, 11) is 2.00. The minimum atomic E-state index is -0.875. The molecule has 3 heterocycles.